The van der Waals surface area contributed by atoms with Gasteiger partial charge in [0.25, 0.3) is 5.91 Å². The first-order valence-electron chi connectivity index (χ1n) is 9.54. The van der Waals surface area contributed by atoms with E-state index in [1.807, 2.05) is 36.4 Å². The normalized spacial score (nSPS) is 24.8. The van der Waals surface area contributed by atoms with Crippen molar-refractivity contribution in [2.45, 2.75) is 25.0 Å². The lowest BCUT2D eigenvalue weighted by Gasteiger charge is -2.44. The highest BCUT2D eigenvalue weighted by Gasteiger charge is 2.38. The second-order valence-electron chi connectivity index (χ2n) is 7.30. The molecule has 1 N–H and O–H groups in total. The monoisotopic (exact) mass is 364 g/mol. The van der Waals surface area contributed by atoms with Crippen molar-refractivity contribution in [3.8, 4) is 0 Å². The third kappa shape index (κ3) is 4.03. The molecule has 0 aromatic heterocycles. The Morgan fingerprint density at radius 2 is 1.59 bits per heavy atom. The van der Waals surface area contributed by atoms with E-state index in [0.717, 1.165) is 38.0 Å². The molecule has 1 unspecified atom stereocenters. The van der Waals surface area contributed by atoms with E-state index in [-0.39, 0.29) is 18.0 Å². The van der Waals surface area contributed by atoms with Gasteiger partial charge in [0.15, 0.2) is 6.04 Å². The largest absolute Gasteiger partial charge is 0.459 e. The van der Waals surface area contributed by atoms with Crippen molar-refractivity contribution >= 4 is 11.9 Å². The third-order valence-electron chi connectivity index (χ3n) is 5.54. The molecular formula is C22H24N2O3. The Bertz CT molecular complexity index is 786. The first kappa shape index (κ1) is 17.7. The summed E-state index contributed by atoms with van der Waals surface area (Å²) >= 11 is 0. The van der Waals surface area contributed by atoms with Crippen molar-refractivity contribution in [1.29, 1.82) is 0 Å². The third-order valence-corrected chi connectivity index (χ3v) is 5.54. The SMILES string of the molecule is O=C(NC(C(=O)O[C@H]1CN2CCC1CC2)c1ccccc1)c1ccccc1. The summed E-state index contributed by atoms with van der Waals surface area (Å²) in [6.45, 7) is 2.97. The van der Waals surface area contributed by atoms with Crippen LogP contribution in [0.15, 0.2) is 60.7 Å². The van der Waals surface area contributed by atoms with E-state index < -0.39 is 6.04 Å². The van der Waals surface area contributed by atoms with Crippen LogP contribution in [0.5, 0.6) is 0 Å². The molecule has 5 heteroatoms. The van der Waals surface area contributed by atoms with Gasteiger partial charge in [-0.2, -0.15) is 0 Å². The van der Waals surface area contributed by atoms with Gasteiger partial charge in [-0.3, -0.25) is 9.69 Å². The Morgan fingerprint density at radius 3 is 2.19 bits per heavy atom. The fourth-order valence-corrected chi connectivity index (χ4v) is 3.99. The number of nitrogens with one attached hydrogen (secondary N) is 1. The minimum absolute atomic E-state index is 0.0835. The molecule has 3 fully saturated rings. The smallest absolute Gasteiger partial charge is 0.333 e. The van der Waals surface area contributed by atoms with Crippen LogP contribution >= 0.6 is 0 Å². The molecule has 2 aromatic rings. The summed E-state index contributed by atoms with van der Waals surface area (Å²) in [5.74, 6) is -0.236. The summed E-state index contributed by atoms with van der Waals surface area (Å²) in [5.41, 5.74) is 1.25. The van der Waals surface area contributed by atoms with Crippen molar-refractivity contribution in [2.24, 2.45) is 5.92 Å². The van der Waals surface area contributed by atoms with Crippen molar-refractivity contribution in [3.63, 3.8) is 0 Å². The number of esters is 1. The molecule has 3 aliphatic rings. The Hall–Kier alpha value is -2.66. The zero-order chi connectivity index (χ0) is 18.6. The van der Waals surface area contributed by atoms with Gasteiger partial charge in [0.05, 0.1) is 0 Å². The molecule has 1 amide bonds. The molecule has 5 rings (SSSR count). The molecule has 5 nitrogen and oxygen atoms in total. The van der Waals surface area contributed by atoms with E-state index in [9.17, 15) is 9.59 Å². The summed E-state index contributed by atoms with van der Waals surface area (Å²) in [6, 6.07) is 17.4. The molecule has 2 aromatic carbocycles. The highest BCUT2D eigenvalue weighted by molar-refractivity contribution is 5.97. The van der Waals surface area contributed by atoms with Crippen molar-refractivity contribution in [3.05, 3.63) is 71.8 Å². The van der Waals surface area contributed by atoms with Gasteiger partial charge in [-0.25, -0.2) is 4.79 Å². The first-order valence-corrected chi connectivity index (χ1v) is 9.54. The van der Waals surface area contributed by atoms with E-state index >= 15 is 0 Å². The number of carbonyl (C=O) groups is 2. The lowest BCUT2D eigenvalue weighted by Crippen LogP contribution is -2.52. The zero-order valence-electron chi connectivity index (χ0n) is 15.2. The van der Waals surface area contributed by atoms with Gasteiger partial charge in [-0.05, 0) is 49.5 Å². The van der Waals surface area contributed by atoms with Crippen molar-refractivity contribution in [1.82, 2.24) is 10.2 Å². The van der Waals surface area contributed by atoms with E-state index in [1.54, 1.807) is 24.3 Å². The molecule has 3 saturated heterocycles. The van der Waals surface area contributed by atoms with Gasteiger partial charge in [-0.1, -0.05) is 48.5 Å². The number of nitrogens with zero attached hydrogens (tertiary/aromatic N) is 1. The Morgan fingerprint density at radius 1 is 0.963 bits per heavy atom. The summed E-state index contributed by atoms with van der Waals surface area (Å²) in [6.07, 6.45) is 2.06. The summed E-state index contributed by atoms with van der Waals surface area (Å²) in [4.78, 5) is 28.0. The van der Waals surface area contributed by atoms with Gasteiger partial charge >= 0.3 is 5.97 Å². The molecule has 2 bridgehead atoms. The van der Waals surface area contributed by atoms with Crippen molar-refractivity contribution in [2.75, 3.05) is 19.6 Å². The molecular weight excluding hydrogens is 340 g/mol. The summed E-state index contributed by atoms with van der Waals surface area (Å²) in [7, 11) is 0. The number of amides is 1. The lowest BCUT2D eigenvalue weighted by molar-refractivity contribution is -0.161. The van der Waals surface area contributed by atoms with Crippen LogP contribution in [0.25, 0.3) is 0 Å². The summed E-state index contributed by atoms with van der Waals surface area (Å²) in [5, 5.41) is 2.86. The highest BCUT2D eigenvalue weighted by Crippen LogP contribution is 2.30. The van der Waals surface area contributed by atoms with E-state index in [2.05, 4.69) is 10.2 Å². The number of hydrogen-bond acceptors (Lipinski definition) is 4. The maximum Gasteiger partial charge on any atom is 0.333 e. The molecule has 0 radical (unpaired) electrons. The minimum Gasteiger partial charge on any atom is -0.459 e. The van der Waals surface area contributed by atoms with Crippen LogP contribution in [0.4, 0.5) is 0 Å². The van der Waals surface area contributed by atoms with E-state index in [1.165, 1.54) is 0 Å². The van der Waals surface area contributed by atoms with Gasteiger partial charge in [-0.15, -0.1) is 0 Å². The molecule has 0 saturated carbocycles. The van der Waals surface area contributed by atoms with Crippen LogP contribution in [0.3, 0.4) is 0 Å². The number of fused-ring (bicyclic) bond motifs is 3. The summed E-state index contributed by atoms with van der Waals surface area (Å²) < 4.78 is 5.88. The van der Waals surface area contributed by atoms with Crippen molar-refractivity contribution < 1.29 is 14.3 Å². The molecule has 3 aliphatic heterocycles. The Balaban J connectivity index is 1.51. The maximum atomic E-state index is 13.0. The Labute approximate surface area is 159 Å². The lowest BCUT2D eigenvalue weighted by atomic mass is 9.86. The fourth-order valence-electron chi connectivity index (χ4n) is 3.99. The van der Waals surface area contributed by atoms with Crippen LogP contribution in [0, 0.1) is 5.92 Å². The molecule has 27 heavy (non-hydrogen) atoms. The second-order valence-corrected chi connectivity index (χ2v) is 7.30. The quantitative estimate of drug-likeness (QED) is 0.829. The number of rotatable bonds is 5. The van der Waals surface area contributed by atoms with Gasteiger partial charge in [0.1, 0.15) is 6.10 Å². The predicted molar refractivity (Wildman–Crippen MR) is 102 cm³/mol. The highest BCUT2D eigenvalue weighted by atomic mass is 16.5. The Kier molecular flexibility index (Phi) is 5.21. The molecule has 0 aliphatic carbocycles. The predicted octanol–water partition coefficient (Wildman–Crippen LogP) is 2.80. The molecule has 3 heterocycles. The van der Waals surface area contributed by atoms with E-state index in [4.69, 9.17) is 4.74 Å². The minimum atomic E-state index is -0.811. The average Bonchev–Trinajstić information content (AvgIpc) is 2.74. The van der Waals surface area contributed by atoms with Crippen LogP contribution < -0.4 is 5.32 Å². The standard InChI is InChI=1S/C22H24N2O3/c25-21(18-9-5-2-6-10-18)23-20(17-7-3-1-4-8-17)22(26)27-19-15-24-13-11-16(19)12-14-24/h1-10,16,19-20H,11-15H2,(H,23,25)/t19-,20?/m0/s1. The van der Waals surface area contributed by atoms with Crippen LogP contribution in [-0.2, 0) is 9.53 Å². The van der Waals surface area contributed by atoms with Crippen LogP contribution in [0.1, 0.15) is 34.8 Å². The molecule has 2 atom stereocenters. The average molecular weight is 364 g/mol. The van der Waals surface area contributed by atoms with Crippen LogP contribution in [0.2, 0.25) is 0 Å². The van der Waals surface area contributed by atoms with Gasteiger partial charge in [0, 0.05) is 12.1 Å². The number of ether oxygens (including phenoxy) is 1. The number of benzene rings is 2. The number of carbonyl (C=O) groups excluding carboxylic acids is 2. The maximum absolute atomic E-state index is 13.0. The topological polar surface area (TPSA) is 58.6 Å². The molecule has 140 valence electrons. The second kappa shape index (κ2) is 7.92. The van der Waals surface area contributed by atoms with Gasteiger partial charge in [0.2, 0.25) is 0 Å². The van der Waals surface area contributed by atoms with E-state index in [0.29, 0.717) is 11.5 Å². The number of hydrogen-bond donors (Lipinski definition) is 1. The number of piperidine rings is 3. The van der Waals surface area contributed by atoms with Gasteiger partial charge < -0.3 is 10.1 Å². The fraction of sp³-hybridized carbons (Fsp3) is 0.364. The molecule has 0 spiro atoms. The zero-order valence-corrected chi connectivity index (χ0v) is 15.2. The van der Waals surface area contributed by atoms with Crippen LogP contribution in [-0.4, -0.2) is 42.5 Å². The first-order chi connectivity index (χ1) is 13.2.